The van der Waals surface area contributed by atoms with Gasteiger partial charge in [0.2, 0.25) is 0 Å². The lowest BCUT2D eigenvalue weighted by molar-refractivity contribution is -0.175. The molecule has 0 radical (unpaired) electrons. The van der Waals surface area contributed by atoms with Crippen molar-refractivity contribution in [3.05, 3.63) is 0 Å². The van der Waals surface area contributed by atoms with Gasteiger partial charge in [-0.15, -0.1) is 0 Å². The molecule has 0 atom stereocenters. The van der Waals surface area contributed by atoms with Crippen LogP contribution in [-0.2, 0) is 9.69 Å². The molecule has 0 saturated carbocycles. The lowest BCUT2D eigenvalue weighted by Crippen LogP contribution is -1.85. The van der Waals surface area contributed by atoms with E-state index < -0.39 is 0 Å². The normalized spacial score (nSPS) is 7.60. The Labute approximate surface area is 37.0 Å². The molecule has 0 aliphatic carbocycles. The van der Waals surface area contributed by atoms with Gasteiger partial charge in [-0.3, -0.25) is 9.69 Å². The van der Waals surface area contributed by atoms with Crippen LogP contribution in [0.4, 0.5) is 0 Å². The summed E-state index contributed by atoms with van der Waals surface area (Å²) in [5, 5.41) is 0. The second kappa shape index (κ2) is 4.33. The first-order valence-corrected chi connectivity index (χ1v) is 1.81. The molecule has 0 N–H and O–H groups in total. The van der Waals surface area contributed by atoms with Gasteiger partial charge in [-0.2, -0.15) is 12.5 Å². The summed E-state index contributed by atoms with van der Waals surface area (Å²) in [6.45, 7) is 0.316. The molecule has 0 rings (SSSR count). The number of hydrogen-bond donors (Lipinski definition) is 1. The van der Waals surface area contributed by atoms with Gasteiger partial charge in [0.1, 0.15) is 0 Å². The van der Waals surface area contributed by atoms with Gasteiger partial charge in [0, 0.05) is 0 Å². The molecule has 0 aromatic heterocycles. The highest BCUT2D eigenvalue weighted by Crippen LogP contribution is 1.68. The molecule has 0 heterocycles. The Morgan fingerprint density at radius 2 is 2.40 bits per heavy atom. The Bertz CT molecular complexity index is 17.1. The van der Waals surface area contributed by atoms with E-state index in [0.717, 1.165) is 0 Å². The average Bonchev–Trinajstić information content (AvgIpc) is 1.41. The number of hydrogen-bond acceptors (Lipinski definition) is 3. The van der Waals surface area contributed by atoms with Crippen LogP contribution in [-0.4, -0.2) is 13.9 Å². The number of thiol groups is 1. The molecule has 0 aliphatic heterocycles. The predicted molar refractivity (Wildman–Crippen MR) is 24.2 cm³/mol. The van der Waals surface area contributed by atoms with Gasteiger partial charge < -0.3 is 0 Å². The van der Waals surface area contributed by atoms with E-state index in [0.29, 0.717) is 6.76 Å². The summed E-state index contributed by atoms with van der Waals surface area (Å²) < 4.78 is 0. The molecule has 2 nitrogen and oxygen atoms in total. The topological polar surface area (TPSA) is 18.5 Å². The monoisotopic (exact) mass is 92.0 g/mol. The van der Waals surface area contributed by atoms with Crippen molar-refractivity contribution in [3.63, 3.8) is 0 Å². The predicted octanol–water partition coefficient (Wildman–Crippen LogP) is -0.239. The maximum Gasteiger partial charge on any atom is 0.384 e. The Balaban J connectivity index is 2.19. The second-order valence-electron chi connectivity index (χ2n) is 0.414. The van der Waals surface area contributed by atoms with Gasteiger partial charge in [-0.1, -0.05) is 0 Å². The third kappa shape index (κ3) is 4.33. The van der Waals surface area contributed by atoms with Gasteiger partial charge in [0.25, 0.3) is 0 Å². The molecule has 4 heteroatoms. The van der Waals surface area contributed by atoms with E-state index in [-0.39, 0.29) is 0 Å². The van der Waals surface area contributed by atoms with Crippen molar-refractivity contribution in [3.8, 4) is 0 Å². The van der Waals surface area contributed by atoms with Crippen LogP contribution in [0.5, 0.6) is 0 Å². The van der Waals surface area contributed by atoms with E-state index >= 15 is 0 Å². The highest BCUT2D eigenvalue weighted by atomic mass is 32.1. The van der Waals surface area contributed by atoms with Gasteiger partial charge in [0.15, 0.2) is 0 Å². The van der Waals surface area contributed by atoms with E-state index in [9.17, 15) is 0 Å². The summed E-state index contributed by atoms with van der Waals surface area (Å²) in [6.07, 6.45) is 0. The molecule has 0 aromatic rings. The highest BCUT2D eigenvalue weighted by molar-refractivity contribution is 8.06. The van der Waals surface area contributed by atoms with Crippen LogP contribution >= 0.6 is 12.5 Å². The molecule has 0 fully saturated rings. The van der Waals surface area contributed by atoms with E-state index in [2.05, 4.69) is 22.2 Å². The van der Waals surface area contributed by atoms with Crippen LogP contribution in [0.1, 0.15) is 0 Å². The standard InChI is InChI=1S/CH5BO2S/c1-3-4-2-5/h2,5H,1H3. The van der Waals surface area contributed by atoms with Crippen molar-refractivity contribution >= 4 is 19.2 Å². The number of rotatable bonds is 2. The summed E-state index contributed by atoms with van der Waals surface area (Å²) in [5.74, 6) is 0. The summed E-state index contributed by atoms with van der Waals surface area (Å²) in [6, 6.07) is 0. The second-order valence-corrected chi connectivity index (χ2v) is 0.672. The third-order valence-corrected chi connectivity index (χ3v) is 0.276. The van der Waals surface area contributed by atoms with Gasteiger partial charge in [-0.25, -0.2) is 0 Å². The van der Waals surface area contributed by atoms with E-state index in [1.165, 1.54) is 7.11 Å². The molecular weight excluding hydrogens is 86.9 g/mol. The molecule has 0 aliphatic rings. The Hall–Kier alpha value is 0.335. The molecule has 0 amide bonds. The molecular formula is CH5BO2S. The van der Waals surface area contributed by atoms with E-state index in [4.69, 9.17) is 0 Å². The summed E-state index contributed by atoms with van der Waals surface area (Å²) in [4.78, 5) is 8.31. The fourth-order valence-electron chi connectivity index (χ4n) is 0.0527. The molecule has 30 valence electrons. The molecule has 0 aromatic carbocycles. The first-order chi connectivity index (χ1) is 2.41. The molecule has 5 heavy (non-hydrogen) atoms. The van der Waals surface area contributed by atoms with Crippen molar-refractivity contribution < 1.29 is 9.69 Å². The zero-order valence-electron chi connectivity index (χ0n) is 2.97. The first-order valence-electron chi connectivity index (χ1n) is 1.18. The van der Waals surface area contributed by atoms with Crippen LogP contribution in [0.3, 0.4) is 0 Å². The van der Waals surface area contributed by atoms with Crippen molar-refractivity contribution in [1.29, 1.82) is 0 Å². The average molecular weight is 91.9 g/mol. The lowest BCUT2D eigenvalue weighted by atomic mass is 10.6. The fraction of sp³-hybridized carbons (Fsp3) is 1.00. The maximum atomic E-state index is 4.20. The largest absolute Gasteiger partial charge is 0.384 e. The first kappa shape index (κ1) is 5.33. The zero-order chi connectivity index (χ0) is 4.12. The molecule has 0 bridgehead atoms. The van der Waals surface area contributed by atoms with E-state index in [1.807, 2.05) is 0 Å². The minimum atomic E-state index is 0.316. The van der Waals surface area contributed by atoms with E-state index in [1.54, 1.807) is 0 Å². The molecule has 0 spiro atoms. The Kier molecular flexibility index (Phi) is 4.63. The van der Waals surface area contributed by atoms with Crippen LogP contribution in [0, 0.1) is 0 Å². The van der Waals surface area contributed by atoms with Gasteiger partial charge in [-0.05, 0) is 0 Å². The van der Waals surface area contributed by atoms with Crippen molar-refractivity contribution in [2.75, 3.05) is 7.11 Å². The van der Waals surface area contributed by atoms with Gasteiger partial charge in [0.05, 0.1) is 7.11 Å². The molecule has 0 saturated heterocycles. The van der Waals surface area contributed by atoms with Crippen LogP contribution in [0.2, 0.25) is 0 Å². The minimum absolute atomic E-state index is 0.316. The van der Waals surface area contributed by atoms with Crippen LogP contribution in [0.25, 0.3) is 0 Å². The maximum absolute atomic E-state index is 4.20. The Morgan fingerprint density at radius 1 is 1.80 bits per heavy atom. The van der Waals surface area contributed by atoms with Gasteiger partial charge >= 0.3 is 6.76 Å². The third-order valence-electron chi connectivity index (χ3n) is 0.171. The highest BCUT2D eigenvalue weighted by Gasteiger charge is 1.71. The zero-order valence-corrected chi connectivity index (χ0v) is 3.87. The smallest absolute Gasteiger partial charge is 0.295 e. The Morgan fingerprint density at radius 3 is 2.40 bits per heavy atom. The minimum Gasteiger partial charge on any atom is -0.295 e. The van der Waals surface area contributed by atoms with Crippen molar-refractivity contribution in [2.24, 2.45) is 0 Å². The quantitative estimate of drug-likeness (QED) is 0.219. The summed E-state index contributed by atoms with van der Waals surface area (Å²) in [7, 11) is 1.44. The fourth-order valence-corrected chi connectivity index (χ4v) is 0.158. The molecule has 0 unspecified atom stereocenters. The van der Waals surface area contributed by atoms with Crippen LogP contribution in [0.15, 0.2) is 0 Å². The summed E-state index contributed by atoms with van der Waals surface area (Å²) in [5.41, 5.74) is 0. The SMILES string of the molecule is COOBS. The van der Waals surface area contributed by atoms with Crippen LogP contribution < -0.4 is 0 Å². The summed E-state index contributed by atoms with van der Waals surface area (Å²) >= 11 is 3.65. The van der Waals surface area contributed by atoms with Crippen molar-refractivity contribution in [1.82, 2.24) is 0 Å². The lowest BCUT2D eigenvalue weighted by Gasteiger charge is -1.85. The van der Waals surface area contributed by atoms with Crippen molar-refractivity contribution in [2.45, 2.75) is 0 Å².